The first-order valence-corrected chi connectivity index (χ1v) is 17.9. The van der Waals surface area contributed by atoms with Crippen molar-refractivity contribution in [2.24, 2.45) is 16.7 Å². The largest absolute Gasteiger partial charge is 0.370 e. The van der Waals surface area contributed by atoms with Crippen LogP contribution in [0.25, 0.3) is 0 Å². The predicted octanol–water partition coefficient (Wildman–Crippen LogP) is 3.77. The molecule has 262 valence electrons. The second-order valence-electron chi connectivity index (χ2n) is 16.0. The van der Waals surface area contributed by atoms with Crippen LogP contribution in [-0.4, -0.2) is 88.6 Å². The van der Waals surface area contributed by atoms with Crippen molar-refractivity contribution in [1.29, 1.82) is 0 Å². The number of hydrogen-bond donors (Lipinski definition) is 2. The molecule has 1 aromatic carbocycles. The van der Waals surface area contributed by atoms with Crippen LogP contribution in [0.5, 0.6) is 0 Å². The Hall–Kier alpha value is -4.56. The van der Waals surface area contributed by atoms with Gasteiger partial charge in [-0.25, -0.2) is 4.98 Å². The lowest BCUT2D eigenvalue weighted by Crippen LogP contribution is -2.63. The number of nitrogens with one attached hydrogen (secondary N) is 2. The van der Waals surface area contributed by atoms with Crippen LogP contribution in [0.2, 0.25) is 0 Å². The molecule has 0 spiro atoms. The number of imide groups is 2. The number of anilines is 1. The molecule has 4 fully saturated rings. The highest BCUT2D eigenvalue weighted by molar-refractivity contribution is 6.22. The van der Waals surface area contributed by atoms with E-state index in [0.29, 0.717) is 17.5 Å². The van der Waals surface area contributed by atoms with Gasteiger partial charge in [0.05, 0.1) is 17.4 Å². The van der Waals surface area contributed by atoms with Crippen molar-refractivity contribution in [3.8, 4) is 11.8 Å². The Bertz CT molecular complexity index is 1780. The summed E-state index contributed by atoms with van der Waals surface area (Å²) in [5.41, 5.74) is 2.87. The second kappa shape index (κ2) is 13.0. The van der Waals surface area contributed by atoms with Crippen LogP contribution in [0.15, 0.2) is 36.5 Å². The quantitative estimate of drug-likeness (QED) is 0.361. The summed E-state index contributed by atoms with van der Waals surface area (Å²) in [7, 11) is 0. The van der Waals surface area contributed by atoms with E-state index in [4.69, 9.17) is 0 Å². The molecule has 11 heteroatoms. The number of rotatable bonds is 5. The molecule has 2 N–H and O–H groups in total. The molecule has 4 aliphatic heterocycles. The molecular weight excluding hydrogens is 632 g/mol. The molecule has 1 unspecified atom stereocenters. The molecule has 5 heterocycles. The third kappa shape index (κ3) is 6.41. The first-order chi connectivity index (χ1) is 23.8. The average molecular weight is 679 g/mol. The van der Waals surface area contributed by atoms with Gasteiger partial charge in [0, 0.05) is 48.6 Å². The highest BCUT2D eigenvalue weighted by Crippen LogP contribution is 2.53. The van der Waals surface area contributed by atoms with Crippen LogP contribution in [0.1, 0.15) is 109 Å². The number of amides is 5. The van der Waals surface area contributed by atoms with Crippen LogP contribution < -0.4 is 15.5 Å². The molecule has 1 aromatic heterocycles. The number of piperidine rings is 3. The van der Waals surface area contributed by atoms with E-state index in [1.54, 1.807) is 12.3 Å². The number of hydrogen-bond acceptors (Lipinski definition) is 8. The fourth-order valence-corrected chi connectivity index (χ4v) is 9.21. The molecule has 0 radical (unpaired) electrons. The van der Waals surface area contributed by atoms with Crippen LogP contribution in [-0.2, 0) is 9.59 Å². The van der Waals surface area contributed by atoms with Crippen molar-refractivity contribution in [2.75, 3.05) is 31.1 Å². The summed E-state index contributed by atoms with van der Waals surface area (Å²) >= 11 is 0. The van der Waals surface area contributed by atoms with E-state index in [0.717, 1.165) is 74.4 Å². The highest BCUT2D eigenvalue weighted by Gasteiger charge is 2.53. The highest BCUT2D eigenvalue weighted by atomic mass is 16.2. The molecule has 0 bridgehead atoms. The second-order valence-corrected chi connectivity index (χ2v) is 16.0. The lowest BCUT2D eigenvalue weighted by molar-refractivity contribution is -0.136. The molecule has 11 nitrogen and oxygen atoms in total. The molecule has 5 aliphatic rings. The van der Waals surface area contributed by atoms with E-state index in [9.17, 15) is 24.0 Å². The maximum atomic E-state index is 13.2. The zero-order valence-electron chi connectivity index (χ0n) is 29.4. The van der Waals surface area contributed by atoms with Crippen molar-refractivity contribution in [3.05, 3.63) is 58.9 Å². The van der Waals surface area contributed by atoms with Gasteiger partial charge < -0.3 is 15.1 Å². The summed E-state index contributed by atoms with van der Waals surface area (Å²) < 4.78 is 0. The lowest BCUT2D eigenvalue weighted by Gasteiger charge is -2.57. The number of fused-ring (bicyclic) bond motifs is 1. The molecular formula is C39H46N6O5. The first-order valence-electron chi connectivity index (χ1n) is 17.9. The number of nitrogens with zero attached hydrogens (tertiary/aromatic N) is 4. The van der Waals surface area contributed by atoms with Crippen molar-refractivity contribution in [3.63, 3.8) is 0 Å². The summed E-state index contributed by atoms with van der Waals surface area (Å²) in [6, 6.07) is 8.99. The van der Waals surface area contributed by atoms with E-state index < -0.39 is 29.7 Å². The number of benzene rings is 1. The Morgan fingerprint density at radius 2 is 1.58 bits per heavy atom. The molecule has 1 aliphatic carbocycles. The van der Waals surface area contributed by atoms with Crippen molar-refractivity contribution in [1.82, 2.24) is 25.4 Å². The van der Waals surface area contributed by atoms with Crippen molar-refractivity contribution < 1.29 is 24.0 Å². The molecule has 2 aromatic rings. The first kappa shape index (κ1) is 33.9. The maximum absolute atomic E-state index is 13.2. The minimum absolute atomic E-state index is 0.0255. The Balaban J connectivity index is 0.881. The average Bonchev–Trinajstić information content (AvgIpc) is 3.34. The van der Waals surface area contributed by atoms with Gasteiger partial charge in [0.1, 0.15) is 11.7 Å². The minimum atomic E-state index is -1.00. The van der Waals surface area contributed by atoms with Crippen molar-refractivity contribution in [2.45, 2.75) is 90.8 Å². The molecule has 3 saturated heterocycles. The van der Waals surface area contributed by atoms with Gasteiger partial charge >= 0.3 is 0 Å². The predicted molar refractivity (Wildman–Crippen MR) is 187 cm³/mol. The Kier molecular flexibility index (Phi) is 8.79. The lowest BCUT2D eigenvalue weighted by atomic mass is 9.52. The Morgan fingerprint density at radius 1 is 0.900 bits per heavy atom. The van der Waals surface area contributed by atoms with E-state index in [-0.39, 0.29) is 46.9 Å². The van der Waals surface area contributed by atoms with Gasteiger partial charge in [0.2, 0.25) is 11.8 Å². The number of pyridine rings is 1. The maximum Gasteiger partial charge on any atom is 0.280 e. The van der Waals surface area contributed by atoms with Gasteiger partial charge in [-0.15, -0.1) is 0 Å². The molecule has 1 atom stereocenters. The van der Waals surface area contributed by atoms with Crippen molar-refractivity contribution >= 4 is 35.2 Å². The third-order valence-electron chi connectivity index (χ3n) is 11.5. The fraction of sp³-hybridized carbons (Fsp3) is 0.538. The molecule has 7 rings (SSSR count). The van der Waals surface area contributed by atoms with Gasteiger partial charge in [-0.2, -0.15) is 0 Å². The third-order valence-corrected chi connectivity index (χ3v) is 11.5. The number of aromatic nitrogens is 1. The van der Waals surface area contributed by atoms with E-state index >= 15 is 0 Å². The van der Waals surface area contributed by atoms with Gasteiger partial charge in [0.25, 0.3) is 17.7 Å². The summed E-state index contributed by atoms with van der Waals surface area (Å²) in [6.45, 7) is 12.5. The SMILES string of the molecule is CC1(C)CC(C)(C)C1NC(=O)c1ccc(C#CC2CCN(C3CCN(c4cnc5c(c4)C(=O)N(C4CCC(=O)NC4=O)C5=O)CC3)CC2)cc1. The van der Waals surface area contributed by atoms with Crippen LogP contribution in [0.3, 0.4) is 0 Å². The molecule has 1 saturated carbocycles. The van der Waals surface area contributed by atoms with Gasteiger partial charge in [0.15, 0.2) is 0 Å². The summed E-state index contributed by atoms with van der Waals surface area (Å²) in [6.07, 6.45) is 6.95. The van der Waals surface area contributed by atoms with Gasteiger partial charge in [-0.3, -0.25) is 34.2 Å². The van der Waals surface area contributed by atoms with E-state index in [1.165, 1.54) is 0 Å². The minimum Gasteiger partial charge on any atom is -0.370 e. The zero-order chi connectivity index (χ0) is 35.4. The van der Waals surface area contributed by atoms with Gasteiger partial charge in [-0.05, 0) is 92.8 Å². The van der Waals surface area contributed by atoms with E-state index in [2.05, 4.69) is 65.0 Å². The monoisotopic (exact) mass is 678 g/mol. The Morgan fingerprint density at radius 3 is 2.22 bits per heavy atom. The Labute approximate surface area is 293 Å². The topological polar surface area (TPSA) is 132 Å². The van der Waals surface area contributed by atoms with E-state index in [1.807, 2.05) is 24.3 Å². The summed E-state index contributed by atoms with van der Waals surface area (Å²) in [5, 5.41) is 5.48. The van der Waals surface area contributed by atoms with Crippen LogP contribution in [0.4, 0.5) is 5.69 Å². The van der Waals surface area contributed by atoms with Crippen LogP contribution in [0, 0.1) is 28.6 Å². The zero-order valence-corrected chi connectivity index (χ0v) is 29.4. The van der Waals surface area contributed by atoms with Gasteiger partial charge in [-0.1, -0.05) is 39.5 Å². The summed E-state index contributed by atoms with van der Waals surface area (Å²) in [4.78, 5) is 73.2. The summed E-state index contributed by atoms with van der Waals surface area (Å²) in [5.74, 6) is 4.99. The number of carbonyl (C=O) groups is 5. The fourth-order valence-electron chi connectivity index (χ4n) is 9.21. The number of likely N-dealkylation sites (tertiary alicyclic amines) is 1. The van der Waals surface area contributed by atoms with Crippen LogP contribution >= 0.6 is 0 Å². The normalized spacial score (nSPS) is 24.3. The smallest absolute Gasteiger partial charge is 0.280 e. The molecule has 5 amide bonds. The molecule has 50 heavy (non-hydrogen) atoms. The standard InChI is InChI=1S/C39H46N6O5/c1-38(2)23-39(3,4)37(38)42-33(47)26-9-7-24(8-10-26)5-6-25-13-17-43(18-14-25)27-15-19-44(20-16-27)28-21-29-32(40-22-28)36(50)45(35(29)49)30-11-12-31(46)41-34(30)48/h7-10,21-22,25,27,30,37H,11-20,23H2,1-4H3,(H,42,47)(H,41,46,48). The number of carbonyl (C=O) groups excluding carboxylic acids is 5.